The van der Waals surface area contributed by atoms with E-state index in [0.29, 0.717) is 23.8 Å². The van der Waals surface area contributed by atoms with Crippen molar-refractivity contribution >= 4 is 12.2 Å². The number of carbonyl (C=O) groups is 1. The van der Waals surface area contributed by atoms with E-state index < -0.39 is 0 Å². The minimum absolute atomic E-state index is 0.108. The Kier molecular flexibility index (Phi) is 1.71. The number of rotatable bonds is 3. The van der Waals surface area contributed by atoms with Crippen LogP contribution in [0.25, 0.3) is 0 Å². The van der Waals surface area contributed by atoms with E-state index in [-0.39, 0.29) is 12.1 Å². The molecule has 0 radical (unpaired) electrons. The summed E-state index contributed by atoms with van der Waals surface area (Å²) in [7, 11) is 0. The Hall–Kier alpha value is -1.29. The van der Waals surface area contributed by atoms with E-state index >= 15 is 0 Å². The van der Waals surface area contributed by atoms with Crippen LogP contribution in [0, 0.1) is 5.92 Å². The maximum atomic E-state index is 10.5. The smallest absolute Gasteiger partial charge is 0.196 e. The van der Waals surface area contributed by atoms with Gasteiger partial charge in [0.2, 0.25) is 0 Å². The van der Waals surface area contributed by atoms with Crippen LogP contribution < -0.4 is 4.90 Å². The second-order valence-corrected chi connectivity index (χ2v) is 4.56. The maximum absolute atomic E-state index is 10.5. The van der Waals surface area contributed by atoms with E-state index in [4.69, 9.17) is 4.42 Å². The zero-order valence-corrected chi connectivity index (χ0v) is 8.35. The van der Waals surface area contributed by atoms with Gasteiger partial charge in [0.05, 0.1) is 12.1 Å². The van der Waals surface area contributed by atoms with Gasteiger partial charge in [-0.25, -0.2) is 0 Å². The summed E-state index contributed by atoms with van der Waals surface area (Å²) in [4.78, 5) is 12.6. The van der Waals surface area contributed by atoms with Crippen LogP contribution >= 0.6 is 0 Å². The first-order valence-corrected chi connectivity index (χ1v) is 5.21. The summed E-state index contributed by atoms with van der Waals surface area (Å²) < 4.78 is 5.39. The molecule has 0 atom stereocenters. The minimum atomic E-state index is -0.108. The number of hydrogen-bond acceptors (Lipinski definition) is 4. The largest absolute Gasteiger partial charge is 0.438 e. The van der Waals surface area contributed by atoms with E-state index in [1.54, 1.807) is 6.07 Å². The van der Waals surface area contributed by atoms with Gasteiger partial charge in [-0.05, 0) is 24.8 Å². The van der Waals surface area contributed by atoms with Crippen LogP contribution in [0.3, 0.4) is 0 Å². The van der Waals surface area contributed by atoms with E-state index in [0.717, 1.165) is 19.4 Å². The van der Waals surface area contributed by atoms with Gasteiger partial charge < -0.3 is 14.4 Å². The first-order valence-electron chi connectivity index (χ1n) is 5.21. The molecule has 2 saturated heterocycles. The van der Waals surface area contributed by atoms with Crippen molar-refractivity contribution in [2.24, 2.45) is 5.92 Å². The molecule has 0 spiro atoms. The highest BCUT2D eigenvalue weighted by molar-refractivity contribution is 5.71. The number of aldehydes is 1. The van der Waals surface area contributed by atoms with Gasteiger partial charge >= 0.3 is 0 Å². The molecule has 0 amide bonds. The predicted molar refractivity (Wildman–Crippen MR) is 54.0 cm³/mol. The number of aliphatic hydroxyl groups is 1. The molecule has 2 bridgehead atoms. The second-order valence-electron chi connectivity index (χ2n) is 4.56. The Morgan fingerprint density at radius 2 is 2.40 bits per heavy atom. The Morgan fingerprint density at radius 3 is 3.00 bits per heavy atom. The van der Waals surface area contributed by atoms with Crippen LogP contribution in [0.1, 0.15) is 23.4 Å². The van der Waals surface area contributed by atoms with Crippen LogP contribution in [-0.4, -0.2) is 30.1 Å². The molecular weight excluding hydrogens is 194 g/mol. The Labute approximate surface area is 87.5 Å². The molecule has 1 aliphatic carbocycles. The molecule has 80 valence electrons. The van der Waals surface area contributed by atoms with E-state index in [2.05, 4.69) is 4.90 Å². The fraction of sp³-hybridized carbons (Fsp3) is 0.545. The quantitative estimate of drug-likeness (QED) is 0.753. The molecule has 1 aromatic rings. The molecule has 1 N–H and O–H groups in total. The van der Waals surface area contributed by atoms with E-state index in [1.807, 2.05) is 6.07 Å². The van der Waals surface area contributed by atoms with Crippen molar-refractivity contribution in [3.63, 3.8) is 0 Å². The van der Waals surface area contributed by atoms with Crippen molar-refractivity contribution in [2.45, 2.75) is 18.4 Å². The van der Waals surface area contributed by atoms with Gasteiger partial charge in [0.25, 0.3) is 0 Å². The normalized spacial score (nSPS) is 32.9. The lowest BCUT2D eigenvalue weighted by molar-refractivity contribution is 0.109. The molecule has 3 fully saturated rings. The van der Waals surface area contributed by atoms with Crippen LogP contribution in [0.2, 0.25) is 0 Å². The van der Waals surface area contributed by atoms with Crippen LogP contribution in [0.5, 0.6) is 0 Å². The van der Waals surface area contributed by atoms with Gasteiger partial charge in [-0.1, -0.05) is 0 Å². The standard InChI is InChI=1S/C11H13NO3/c13-6-9-1-2-10(15-9)12-5-8-3-11(12,4-8)7-14/h1-2,6,8,14H,3-5,7H2. The highest BCUT2D eigenvalue weighted by Crippen LogP contribution is 2.52. The second kappa shape index (κ2) is 2.85. The lowest BCUT2D eigenvalue weighted by atomic mass is 9.74. The molecule has 4 nitrogen and oxygen atoms in total. The molecule has 0 aromatic carbocycles. The molecule has 0 unspecified atom stereocenters. The molecule has 1 saturated carbocycles. The van der Waals surface area contributed by atoms with Gasteiger partial charge in [-0.3, -0.25) is 4.79 Å². The molecular formula is C11H13NO3. The molecule has 3 heterocycles. The van der Waals surface area contributed by atoms with Crippen LogP contribution in [-0.2, 0) is 0 Å². The monoisotopic (exact) mass is 207 g/mol. The predicted octanol–water partition coefficient (Wildman–Crippen LogP) is 1.05. The van der Waals surface area contributed by atoms with Crippen molar-refractivity contribution in [2.75, 3.05) is 18.1 Å². The van der Waals surface area contributed by atoms with Crippen LogP contribution in [0.4, 0.5) is 5.88 Å². The third-order valence-corrected chi connectivity index (χ3v) is 3.64. The lowest BCUT2D eigenvalue weighted by Gasteiger charge is -2.40. The first-order chi connectivity index (χ1) is 7.27. The van der Waals surface area contributed by atoms with Gasteiger partial charge in [0.15, 0.2) is 17.9 Å². The summed E-state index contributed by atoms with van der Waals surface area (Å²) in [5.74, 6) is 1.75. The fourth-order valence-electron chi connectivity index (χ4n) is 2.91. The maximum Gasteiger partial charge on any atom is 0.196 e. The first kappa shape index (κ1) is 8.97. The number of anilines is 1. The number of aliphatic hydroxyl groups excluding tert-OH is 1. The SMILES string of the molecule is O=Cc1ccc(N2CC3CC2(CO)C3)o1. The minimum Gasteiger partial charge on any atom is -0.438 e. The Bertz CT molecular complexity index is 392. The summed E-state index contributed by atoms with van der Waals surface area (Å²) in [5, 5.41) is 9.41. The molecule has 3 aliphatic rings. The average Bonchev–Trinajstić information content (AvgIpc) is 2.87. The van der Waals surface area contributed by atoms with Crippen molar-refractivity contribution in [3.05, 3.63) is 17.9 Å². The molecule has 15 heavy (non-hydrogen) atoms. The Morgan fingerprint density at radius 1 is 1.60 bits per heavy atom. The Balaban J connectivity index is 1.91. The molecule has 4 rings (SSSR count). The van der Waals surface area contributed by atoms with Gasteiger partial charge in [-0.15, -0.1) is 0 Å². The van der Waals surface area contributed by atoms with Crippen LogP contribution in [0.15, 0.2) is 16.5 Å². The zero-order chi connectivity index (χ0) is 10.5. The summed E-state index contributed by atoms with van der Waals surface area (Å²) in [6.07, 6.45) is 2.79. The number of carbonyl (C=O) groups excluding carboxylic acids is 1. The van der Waals surface area contributed by atoms with Gasteiger partial charge in [0, 0.05) is 12.6 Å². The summed E-state index contributed by atoms with van der Waals surface area (Å²) >= 11 is 0. The van der Waals surface area contributed by atoms with E-state index in [1.165, 1.54) is 0 Å². The van der Waals surface area contributed by atoms with Crippen molar-refractivity contribution in [1.29, 1.82) is 0 Å². The van der Waals surface area contributed by atoms with Gasteiger partial charge in [0.1, 0.15) is 0 Å². The lowest BCUT2D eigenvalue weighted by Crippen LogP contribution is -2.49. The summed E-state index contributed by atoms with van der Waals surface area (Å²) in [6.45, 7) is 1.10. The number of hydrogen-bond donors (Lipinski definition) is 1. The molecule has 2 aliphatic heterocycles. The zero-order valence-electron chi connectivity index (χ0n) is 8.35. The highest BCUT2D eigenvalue weighted by Gasteiger charge is 2.56. The van der Waals surface area contributed by atoms with Gasteiger partial charge in [-0.2, -0.15) is 0 Å². The van der Waals surface area contributed by atoms with Crippen molar-refractivity contribution in [3.8, 4) is 0 Å². The van der Waals surface area contributed by atoms with E-state index in [9.17, 15) is 9.90 Å². The number of furan rings is 1. The molecule has 4 heteroatoms. The topological polar surface area (TPSA) is 53.7 Å². The van der Waals surface area contributed by atoms with Crippen molar-refractivity contribution < 1.29 is 14.3 Å². The third kappa shape index (κ3) is 1.08. The summed E-state index contributed by atoms with van der Waals surface area (Å²) in [6, 6.07) is 3.48. The average molecular weight is 207 g/mol. The molecule has 1 aromatic heterocycles. The summed E-state index contributed by atoms with van der Waals surface area (Å²) in [5.41, 5.74) is -0.108. The number of fused-ring (bicyclic) bond motifs is 1. The highest BCUT2D eigenvalue weighted by atomic mass is 16.4. The third-order valence-electron chi connectivity index (χ3n) is 3.64. The fourth-order valence-corrected chi connectivity index (χ4v) is 2.91. The van der Waals surface area contributed by atoms with Crippen molar-refractivity contribution in [1.82, 2.24) is 0 Å². The number of nitrogens with zero attached hydrogens (tertiary/aromatic N) is 1.